The van der Waals surface area contributed by atoms with Crippen LogP contribution in [0.5, 0.6) is 0 Å². The first kappa shape index (κ1) is 16.2. The molecule has 0 aromatic rings. The molecule has 4 N–H and O–H groups in total. The molecule has 2 amide bonds. The summed E-state index contributed by atoms with van der Waals surface area (Å²) in [5, 5.41) is 0. The van der Waals surface area contributed by atoms with E-state index in [0.29, 0.717) is 0 Å². The Morgan fingerprint density at radius 3 is 1.65 bits per heavy atom. The average molecular weight is 290 g/mol. The van der Waals surface area contributed by atoms with Gasteiger partial charge in [0.1, 0.15) is 0 Å². The van der Waals surface area contributed by atoms with Crippen LogP contribution in [0.3, 0.4) is 0 Å². The van der Waals surface area contributed by atoms with Crippen molar-refractivity contribution in [2.75, 3.05) is 5.90 Å². The predicted molar refractivity (Wildman–Crippen MR) is 54.3 cm³/mol. The minimum absolute atomic E-state index is 0.762. The van der Waals surface area contributed by atoms with Crippen molar-refractivity contribution in [1.29, 1.82) is 0 Å². The van der Waals surface area contributed by atoms with Gasteiger partial charge in [0, 0.05) is 13.8 Å². The fourth-order valence-corrected chi connectivity index (χ4v) is 3.41. The maximum atomic E-state index is 11.7. The lowest BCUT2D eigenvalue weighted by Gasteiger charge is -2.17. The van der Waals surface area contributed by atoms with E-state index in [1.807, 2.05) is 0 Å². The van der Waals surface area contributed by atoms with Crippen LogP contribution < -0.4 is 11.0 Å². The van der Waals surface area contributed by atoms with Gasteiger partial charge in [-0.15, -0.1) is 0 Å². The van der Waals surface area contributed by atoms with Crippen molar-refractivity contribution in [2.24, 2.45) is 0 Å². The van der Waals surface area contributed by atoms with Gasteiger partial charge < -0.3 is 9.79 Å². The Morgan fingerprint density at radius 2 is 1.41 bits per heavy atom. The van der Waals surface area contributed by atoms with Crippen molar-refractivity contribution in [2.45, 2.75) is 13.8 Å². The molecule has 0 atom stereocenters. The Hall–Kier alpha value is -0.760. The first-order valence-electron chi connectivity index (χ1n) is 4.08. The third-order valence-electron chi connectivity index (χ3n) is 1.01. The Kier molecular flexibility index (Phi) is 5.97. The van der Waals surface area contributed by atoms with Gasteiger partial charge in [-0.25, -0.2) is 11.0 Å². The van der Waals surface area contributed by atoms with Gasteiger partial charge in [-0.2, -0.15) is 9.25 Å². The zero-order valence-electron chi connectivity index (χ0n) is 8.95. The summed E-state index contributed by atoms with van der Waals surface area (Å²) in [6, 6.07) is 0. The molecule has 0 aromatic heterocycles. The van der Waals surface area contributed by atoms with E-state index in [1.165, 1.54) is 0 Å². The SMILES string of the molecule is CC(=O)NOP(=O)(CP(=O)(O)O)ONC(C)=O. The van der Waals surface area contributed by atoms with E-state index in [0.717, 1.165) is 13.8 Å². The van der Waals surface area contributed by atoms with Crippen LogP contribution in [-0.4, -0.2) is 27.5 Å². The second kappa shape index (κ2) is 6.25. The van der Waals surface area contributed by atoms with Crippen molar-refractivity contribution in [1.82, 2.24) is 11.0 Å². The van der Waals surface area contributed by atoms with Crippen LogP contribution in [0.15, 0.2) is 0 Å². The second-order valence-corrected chi connectivity index (χ2v) is 6.96. The van der Waals surface area contributed by atoms with Crippen LogP contribution >= 0.6 is 15.2 Å². The first-order chi connectivity index (χ1) is 7.54. The largest absolute Gasteiger partial charge is 0.384 e. The maximum absolute atomic E-state index is 11.7. The first-order valence-corrected chi connectivity index (χ1v) is 7.60. The molecule has 0 bridgehead atoms. The zero-order chi connectivity index (χ0) is 13.7. The van der Waals surface area contributed by atoms with Crippen molar-refractivity contribution < 1.29 is 37.8 Å². The predicted octanol–water partition coefficient (Wildman–Crippen LogP) is -0.550. The summed E-state index contributed by atoms with van der Waals surface area (Å²) in [6.07, 6.45) is 0. The Morgan fingerprint density at radius 1 is 1.06 bits per heavy atom. The number of hydrogen-bond donors (Lipinski definition) is 4. The lowest BCUT2D eigenvalue weighted by molar-refractivity contribution is -0.127. The van der Waals surface area contributed by atoms with E-state index in [1.54, 1.807) is 11.0 Å². The molecule has 12 heteroatoms. The smallest absolute Gasteiger partial charge is 0.324 e. The molecule has 0 saturated heterocycles. The minimum atomic E-state index is -4.72. The van der Waals surface area contributed by atoms with Crippen LogP contribution in [0.25, 0.3) is 0 Å². The lowest BCUT2D eigenvalue weighted by Crippen LogP contribution is -2.25. The van der Waals surface area contributed by atoms with E-state index in [2.05, 4.69) is 9.25 Å². The van der Waals surface area contributed by atoms with Gasteiger partial charge in [0.05, 0.1) is 0 Å². The van der Waals surface area contributed by atoms with Crippen LogP contribution in [-0.2, 0) is 28.0 Å². The van der Waals surface area contributed by atoms with Gasteiger partial charge in [0.2, 0.25) is 11.8 Å². The summed E-state index contributed by atoms with van der Waals surface area (Å²) in [4.78, 5) is 38.3. The normalized spacial score (nSPS) is 12.0. The zero-order valence-corrected chi connectivity index (χ0v) is 10.7. The third-order valence-corrected chi connectivity index (χ3v) is 4.61. The van der Waals surface area contributed by atoms with E-state index < -0.39 is 32.9 Å². The average Bonchev–Trinajstić information content (AvgIpc) is 2.09. The van der Waals surface area contributed by atoms with Crippen LogP contribution in [0.4, 0.5) is 0 Å². The van der Waals surface area contributed by atoms with E-state index in [9.17, 15) is 18.7 Å². The Labute approximate surface area is 96.3 Å². The summed E-state index contributed by atoms with van der Waals surface area (Å²) in [5.74, 6) is -2.81. The molecule has 0 aromatic carbocycles. The van der Waals surface area contributed by atoms with Crippen LogP contribution in [0.2, 0.25) is 0 Å². The number of carbonyl (C=O) groups excluding carboxylic acids is 2. The Bertz CT molecular complexity index is 367. The quantitative estimate of drug-likeness (QED) is 0.375. The number of rotatable bonds is 6. The Balaban J connectivity index is 4.68. The fraction of sp³-hybridized carbons (Fsp3) is 0.600. The highest BCUT2D eigenvalue weighted by molar-refractivity contribution is 7.70. The standard InChI is InChI=1S/C5H12N2O8P2/c1-4(8)6-14-17(13,3-16(10,11)12)15-7-5(2)9/h3H2,1-2H3,(H,6,8)(H,7,9)(H2,10,11,12). The lowest BCUT2D eigenvalue weighted by atomic mass is 10.8. The van der Waals surface area contributed by atoms with Crippen molar-refractivity contribution in [3.05, 3.63) is 0 Å². The molecule has 0 fully saturated rings. The second-order valence-electron chi connectivity index (χ2n) is 2.92. The molecule has 0 heterocycles. The highest BCUT2D eigenvalue weighted by atomic mass is 31.2. The summed E-state index contributed by atoms with van der Waals surface area (Å²) in [5.41, 5.74) is 3.22. The fourth-order valence-electron chi connectivity index (χ4n) is 0.570. The maximum Gasteiger partial charge on any atom is 0.384 e. The van der Waals surface area contributed by atoms with Crippen molar-refractivity contribution >= 4 is 27.0 Å². The highest BCUT2D eigenvalue weighted by Gasteiger charge is 2.36. The van der Waals surface area contributed by atoms with Gasteiger partial charge in [-0.05, 0) is 0 Å². The van der Waals surface area contributed by atoms with Gasteiger partial charge >= 0.3 is 15.2 Å². The van der Waals surface area contributed by atoms with E-state index in [4.69, 9.17) is 9.79 Å². The molecule has 0 rings (SSSR count). The number of carbonyl (C=O) groups is 2. The summed E-state index contributed by atoms with van der Waals surface area (Å²) >= 11 is 0. The molecule has 0 aliphatic rings. The molecule has 0 radical (unpaired) electrons. The molecule has 100 valence electrons. The number of hydroxylamine groups is 2. The van der Waals surface area contributed by atoms with E-state index in [-0.39, 0.29) is 0 Å². The van der Waals surface area contributed by atoms with Gasteiger partial charge in [0.15, 0.2) is 5.90 Å². The topological polar surface area (TPSA) is 151 Å². The van der Waals surface area contributed by atoms with Crippen LogP contribution in [0, 0.1) is 0 Å². The van der Waals surface area contributed by atoms with Gasteiger partial charge in [-0.3, -0.25) is 18.7 Å². The van der Waals surface area contributed by atoms with Gasteiger partial charge in [0.25, 0.3) is 0 Å². The van der Waals surface area contributed by atoms with Gasteiger partial charge in [-0.1, -0.05) is 0 Å². The molecule has 10 nitrogen and oxygen atoms in total. The molecule has 0 aliphatic carbocycles. The van der Waals surface area contributed by atoms with Crippen molar-refractivity contribution in [3.63, 3.8) is 0 Å². The van der Waals surface area contributed by atoms with E-state index >= 15 is 0 Å². The molecule has 0 aliphatic heterocycles. The molecular formula is C5H12N2O8P2. The van der Waals surface area contributed by atoms with Crippen molar-refractivity contribution in [3.8, 4) is 0 Å². The molecule has 17 heavy (non-hydrogen) atoms. The summed E-state index contributed by atoms with van der Waals surface area (Å²) in [7, 11) is -9.10. The summed E-state index contributed by atoms with van der Waals surface area (Å²) < 4.78 is 30.8. The molecule has 0 spiro atoms. The minimum Gasteiger partial charge on any atom is -0.324 e. The molecule has 0 unspecified atom stereocenters. The monoisotopic (exact) mass is 290 g/mol. The third kappa shape index (κ3) is 8.99. The number of hydrogen-bond acceptors (Lipinski definition) is 6. The molecule has 0 saturated carbocycles. The number of nitrogens with one attached hydrogen (secondary N) is 2. The summed E-state index contributed by atoms with van der Waals surface area (Å²) in [6.45, 7) is 2.03. The number of amides is 2. The highest BCUT2D eigenvalue weighted by Crippen LogP contribution is 2.57. The molecular weight excluding hydrogens is 278 g/mol. The van der Waals surface area contributed by atoms with Crippen LogP contribution in [0.1, 0.15) is 13.8 Å².